The van der Waals surface area contributed by atoms with Crippen molar-refractivity contribution in [3.63, 3.8) is 0 Å². The average Bonchev–Trinajstić information content (AvgIpc) is 2.96. The zero-order chi connectivity index (χ0) is 14.4. The molecule has 21 heavy (non-hydrogen) atoms. The topological polar surface area (TPSA) is 53.7 Å². The SMILES string of the molecule is N[C@H]1CC(c2cc(Cl)c3c(c2)OCO3)Oc2ccccc21. The monoisotopic (exact) mass is 303 g/mol. The third-order valence-corrected chi connectivity index (χ3v) is 4.16. The smallest absolute Gasteiger partial charge is 0.231 e. The molecule has 2 aromatic rings. The van der Waals surface area contributed by atoms with Crippen molar-refractivity contribution in [1.29, 1.82) is 0 Å². The van der Waals surface area contributed by atoms with Gasteiger partial charge in [0.25, 0.3) is 0 Å². The number of benzene rings is 2. The second-order valence-electron chi connectivity index (χ2n) is 5.22. The van der Waals surface area contributed by atoms with Crippen LogP contribution in [0, 0.1) is 0 Å². The number of rotatable bonds is 1. The number of halogens is 1. The van der Waals surface area contributed by atoms with Crippen LogP contribution in [0.4, 0.5) is 0 Å². The molecular weight excluding hydrogens is 290 g/mol. The van der Waals surface area contributed by atoms with Crippen molar-refractivity contribution >= 4 is 11.6 Å². The predicted octanol–water partition coefficient (Wildman–Crippen LogP) is 3.59. The molecule has 0 amide bonds. The van der Waals surface area contributed by atoms with Crippen LogP contribution in [0.15, 0.2) is 36.4 Å². The Kier molecular flexibility index (Phi) is 2.94. The molecule has 108 valence electrons. The second-order valence-corrected chi connectivity index (χ2v) is 5.63. The van der Waals surface area contributed by atoms with Gasteiger partial charge in [0.15, 0.2) is 11.5 Å². The Morgan fingerprint density at radius 3 is 2.86 bits per heavy atom. The lowest BCUT2D eigenvalue weighted by Gasteiger charge is -2.30. The molecular formula is C16H14ClNO3. The van der Waals surface area contributed by atoms with Gasteiger partial charge in [-0.15, -0.1) is 0 Å². The number of fused-ring (bicyclic) bond motifs is 2. The Morgan fingerprint density at radius 2 is 1.95 bits per heavy atom. The van der Waals surface area contributed by atoms with E-state index in [0.717, 1.165) is 16.9 Å². The Labute approximate surface area is 127 Å². The van der Waals surface area contributed by atoms with E-state index in [9.17, 15) is 0 Å². The highest BCUT2D eigenvalue weighted by Gasteiger charge is 2.29. The van der Waals surface area contributed by atoms with Gasteiger partial charge in [-0.25, -0.2) is 0 Å². The van der Waals surface area contributed by atoms with Crippen LogP contribution in [0.5, 0.6) is 17.2 Å². The molecule has 2 aliphatic rings. The number of hydrogen-bond donors (Lipinski definition) is 1. The molecule has 0 saturated heterocycles. The summed E-state index contributed by atoms with van der Waals surface area (Å²) in [5, 5.41) is 0.538. The van der Waals surface area contributed by atoms with E-state index in [-0.39, 0.29) is 18.9 Å². The highest BCUT2D eigenvalue weighted by atomic mass is 35.5. The summed E-state index contributed by atoms with van der Waals surface area (Å²) in [6.07, 6.45) is 0.564. The summed E-state index contributed by atoms with van der Waals surface area (Å²) in [6.45, 7) is 0.201. The summed E-state index contributed by atoms with van der Waals surface area (Å²) in [5.41, 5.74) is 8.25. The second kappa shape index (κ2) is 4.83. The zero-order valence-electron chi connectivity index (χ0n) is 11.2. The van der Waals surface area contributed by atoms with Gasteiger partial charge < -0.3 is 19.9 Å². The van der Waals surface area contributed by atoms with Crippen LogP contribution in [0.2, 0.25) is 5.02 Å². The Hall–Kier alpha value is -1.91. The fourth-order valence-electron chi connectivity index (χ4n) is 2.83. The van der Waals surface area contributed by atoms with E-state index < -0.39 is 0 Å². The van der Waals surface area contributed by atoms with E-state index in [0.29, 0.717) is 22.9 Å². The van der Waals surface area contributed by atoms with Crippen molar-refractivity contribution in [3.8, 4) is 17.2 Å². The quantitative estimate of drug-likeness (QED) is 0.874. The molecule has 2 heterocycles. The van der Waals surface area contributed by atoms with Crippen molar-refractivity contribution in [3.05, 3.63) is 52.5 Å². The van der Waals surface area contributed by atoms with E-state index in [1.807, 2.05) is 36.4 Å². The first-order chi connectivity index (χ1) is 10.2. The Morgan fingerprint density at radius 1 is 1.10 bits per heavy atom. The van der Waals surface area contributed by atoms with Gasteiger partial charge in [-0.2, -0.15) is 0 Å². The maximum Gasteiger partial charge on any atom is 0.231 e. The lowest BCUT2D eigenvalue weighted by atomic mass is 9.93. The number of hydrogen-bond acceptors (Lipinski definition) is 4. The zero-order valence-corrected chi connectivity index (χ0v) is 12.0. The first-order valence-corrected chi connectivity index (χ1v) is 7.20. The first kappa shape index (κ1) is 12.8. The van der Waals surface area contributed by atoms with Gasteiger partial charge in [-0.3, -0.25) is 0 Å². The van der Waals surface area contributed by atoms with Gasteiger partial charge >= 0.3 is 0 Å². The molecule has 5 heteroatoms. The van der Waals surface area contributed by atoms with Crippen LogP contribution in [-0.4, -0.2) is 6.79 Å². The Bertz CT molecular complexity index is 704. The molecule has 2 aromatic carbocycles. The molecule has 0 aromatic heterocycles. The maximum absolute atomic E-state index is 6.26. The molecule has 2 N–H and O–H groups in total. The first-order valence-electron chi connectivity index (χ1n) is 6.82. The lowest BCUT2D eigenvalue weighted by Crippen LogP contribution is -2.24. The van der Waals surface area contributed by atoms with Crippen molar-refractivity contribution < 1.29 is 14.2 Å². The van der Waals surface area contributed by atoms with Crippen LogP contribution >= 0.6 is 11.6 Å². The third kappa shape index (κ3) is 2.11. The number of nitrogens with two attached hydrogens (primary N) is 1. The van der Waals surface area contributed by atoms with E-state index >= 15 is 0 Å². The summed E-state index contributed by atoms with van der Waals surface area (Å²) >= 11 is 6.24. The molecule has 0 bridgehead atoms. The van der Waals surface area contributed by atoms with Gasteiger partial charge in [-0.1, -0.05) is 29.8 Å². The van der Waals surface area contributed by atoms with Crippen molar-refractivity contribution in [2.24, 2.45) is 5.73 Å². The summed E-state index contributed by atoms with van der Waals surface area (Å²) in [6, 6.07) is 11.6. The van der Waals surface area contributed by atoms with Crippen LogP contribution in [0.25, 0.3) is 0 Å². The van der Waals surface area contributed by atoms with Crippen LogP contribution in [0.3, 0.4) is 0 Å². The third-order valence-electron chi connectivity index (χ3n) is 3.88. The minimum Gasteiger partial charge on any atom is -0.485 e. The lowest BCUT2D eigenvalue weighted by molar-refractivity contribution is 0.160. The van der Waals surface area contributed by atoms with Crippen molar-refractivity contribution in [2.75, 3.05) is 6.79 Å². The van der Waals surface area contributed by atoms with Gasteiger partial charge in [0.1, 0.15) is 11.9 Å². The molecule has 0 aliphatic carbocycles. The molecule has 2 atom stereocenters. The minimum atomic E-state index is -0.137. The van der Waals surface area contributed by atoms with E-state index in [1.165, 1.54) is 0 Å². The predicted molar refractivity (Wildman–Crippen MR) is 78.9 cm³/mol. The molecule has 4 nitrogen and oxygen atoms in total. The summed E-state index contributed by atoms with van der Waals surface area (Å²) in [5.74, 6) is 2.09. The highest BCUT2D eigenvalue weighted by Crippen LogP contribution is 2.45. The number of para-hydroxylation sites is 1. The molecule has 4 rings (SSSR count). The maximum atomic E-state index is 6.26. The largest absolute Gasteiger partial charge is 0.485 e. The van der Waals surface area contributed by atoms with Crippen molar-refractivity contribution in [1.82, 2.24) is 0 Å². The Balaban J connectivity index is 1.71. The molecule has 0 radical (unpaired) electrons. The van der Waals surface area contributed by atoms with Crippen LogP contribution in [0.1, 0.15) is 29.7 Å². The summed E-state index contributed by atoms with van der Waals surface area (Å²) in [4.78, 5) is 0. The summed E-state index contributed by atoms with van der Waals surface area (Å²) in [7, 11) is 0. The van der Waals surface area contributed by atoms with Gasteiger partial charge in [0, 0.05) is 18.0 Å². The highest BCUT2D eigenvalue weighted by molar-refractivity contribution is 6.32. The average molecular weight is 304 g/mol. The minimum absolute atomic E-state index is 0.0517. The fourth-order valence-corrected chi connectivity index (χ4v) is 3.10. The van der Waals surface area contributed by atoms with Gasteiger partial charge in [0.2, 0.25) is 6.79 Å². The summed E-state index contributed by atoms with van der Waals surface area (Å²) < 4.78 is 16.8. The molecule has 2 aliphatic heterocycles. The standard InChI is InChI=1S/C16H14ClNO3/c17-11-5-9(6-15-16(11)20-8-19-15)14-7-12(18)10-3-1-2-4-13(10)21-14/h1-6,12,14H,7-8,18H2/t12-,14?/m0/s1. The fraction of sp³-hybridized carbons (Fsp3) is 0.250. The van der Waals surface area contributed by atoms with Gasteiger partial charge in [-0.05, 0) is 23.8 Å². The van der Waals surface area contributed by atoms with Gasteiger partial charge in [0.05, 0.1) is 5.02 Å². The van der Waals surface area contributed by atoms with E-state index in [4.69, 9.17) is 31.5 Å². The molecule has 0 saturated carbocycles. The molecule has 0 spiro atoms. The number of ether oxygens (including phenoxy) is 3. The molecule has 0 fully saturated rings. The molecule has 1 unspecified atom stereocenters. The normalized spacial score (nSPS) is 22.6. The van der Waals surface area contributed by atoms with Crippen molar-refractivity contribution in [2.45, 2.75) is 18.6 Å². The van der Waals surface area contributed by atoms with Crippen LogP contribution < -0.4 is 19.9 Å². The van der Waals surface area contributed by atoms with E-state index in [2.05, 4.69) is 0 Å². The van der Waals surface area contributed by atoms with E-state index in [1.54, 1.807) is 0 Å². The van der Waals surface area contributed by atoms with Crippen LogP contribution in [-0.2, 0) is 0 Å².